The van der Waals surface area contributed by atoms with Gasteiger partial charge in [-0.3, -0.25) is 0 Å². The molecule has 2 rings (SSSR count). The van der Waals surface area contributed by atoms with Crippen LogP contribution >= 0.6 is 0 Å². The maximum absolute atomic E-state index is 11.9. The Morgan fingerprint density at radius 2 is 1.70 bits per heavy atom. The van der Waals surface area contributed by atoms with Crippen molar-refractivity contribution in [2.45, 2.75) is 13.0 Å². The van der Waals surface area contributed by atoms with Crippen molar-refractivity contribution in [2.24, 2.45) is 0 Å². The molecule has 0 fully saturated rings. The molecule has 0 saturated carbocycles. The van der Waals surface area contributed by atoms with E-state index in [-0.39, 0.29) is 12.1 Å². The van der Waals surface area contributed by atoms with Crippen molar-refractivity contribution in [3.8, 4) is 11.5 Å². The average Bonchev–Trinajstić information content (AvgIpc) is 2.59. The number of hydrogen-bond acceptors (Lipinski definition) is 3. The molecule has 0 aliphatic heterocycles. The molecule has 1 unspecified atom stereocenters. The minimum Gasteiger partial charge on any atom is -0.493 e. The van der Waals surface area contributed by atoms with Crippen molar-refractivity contribution in [2.75, 3.05) is 20.3 Å². The zero-order valence-electron chi connectivity index (χ0n) is 13.4. The second kappa shape index (κ2) is 8.68. The first-order chi connectivity index (χ1) is 11.2. The predicted molar refractivity (Wildman–Crippen MR) is 89.9 cm³/mol. The second-order valence-electron chi connectivity index (χ2n) is 5.03. The molecule has 5 nitrogen and oxygen atoms in total. The molecule has 23 heavy (non-hydrogen) atoms. The number of nitrogens with one attached hydrogen (secondary N) is 2. The lowest BCUT2D eigenvalue weighted by Crippen LogP contribution is -2.38. The van der Waals surface area contributed by atoms with E-state index in [1.54, 1.807) is 7.11 Å². The Balaban J connectivity index is 1.71. The Morgan fingerprint density at radius 3 is 2.39 bits per heavy atom. The van der Waals surface area contributed by atoms with Crippen molar-refractivity contribution in [3.05, 3.63) is 60.2 Å². The zero-order valence-corrected chi connectivity index (χ0v) is 13.4. The molecule has 0 heterocycles. The molecule has 122 valence electrons. The van der Waals surface area contributed by atoms with Crippen LogP contribution in [0.1, 0.15) is 18.5 Å². The highest BCUT2D eigenvalue weighted by Crippen LogP contribution is 2.25. The number of hydrogen-bond donors (Lipinski definition) is 2. The smallest absolute Gasteiger partial charge is 0.315 e. The number of urea groups is 1. The van der Waals surface area contributed by atoms with Gasteiger partial charge in [-0.05, 0) is 24.6 Å². The Kier molecular flexibility index (Phi) is 6.29. The van der Waals surface area contributed by atoms with E-state index in [1.165, 1.54) is 0 Å². The van der Waals surface area contributed by atoms with Gasteiger partial charge in [0.2, 0.25) is 0 Å². The molecule has 0 bridgehead atoms. The quantitative estimate of drug-likeness (QED) is 0.772. The first kappa shape index (κ1) is 16.7. The SMILES string of the molecule is COc1ccccc1OCCNC(=O)NC(C)c1ccccc1. The van der Waals surface area contributed by atoms with Gasteiger partial charge in [0.05, 0.1) is 19.7 Å². The molecule has 0 radical (unpaired) electrons. The fourth-order valence-corrected chi connectivity index (χ4v) is 2.14. The standard InChI is InChI=1S/C18H22N2O3/c1-14(15-8-4-3-5-9-15)20-18(21)19-12-13-23-17-11-7-6-10-16(17)22-2/h3-11,14H,12-13H2,1-2H3,(H2,19,20,21). The van der Waals surface area contributed by atoms with Crippen LogP contribution in [0.5, 0.6) is 11.5 Å². The van der Waals surface area contributed by atoms with Crippen molar-refractivity contribution >= 4 is 6.03 Å². The first-order valence-electron chi connectivity index (χ1n) is 7.56. The zero-order chi connectivity index (χ0) is 16.5. The first-order valence-corrected chi connectivity index (χ1v) is 7.56. The lowest BCUT2D eigenvalue weighted by Gasteiger charge is -2.15. The summed E-state index contributed by atoms with van der Waals surface area (Å²) in [6, 6.07) is 17.0. The van der Waals surface area contributed by atoms with Gasteiger partial charge in [-0.25, -0.2) is 4.79 Å². The fraction of sp³-hybridized carbons (Fsp3) is 0.278. The Morgan fingerprint density at radius 1 is 1.04 bits per heavy atom. The van der Waals surface area contributed by atoms with Gasteiger partial charge in [0, 0.05) is 0 Å². The lowest BCUT2D eigenvalue weighted by atomic mass is 10.1. The summed E-state index contributed by atoms with van der Waals surface area (Å²) >= 11 is 0. The molecular formula is C18H22N2O3. The van der Waals surface area contributed by atoms with Crippen LogP contribution in [0.2, 0.25) is 0 Å². The summed E-state index contributed by atoms with van der Waals surface area (Å²) in [5.41, 5.74) is 1.06. The molecule has 0 aliphatic carbocycles. The Labute approximate surface area is 136 Å². The summed E-state index contributed by atoms with van der Waals surface area (Å²) < 4.78 is 10.8. The molecular weight excluding hydrogens is 292 g/mol. The number of rotatable bonds is 7. The number of carbonyl (C=O) groups is 1. The van der Waals surface area contributed by atoms with Crippen LogP contribution in [0.4, 0.5) is 4.79 Å². The molecule has 5 heteroatoms. The van der Waals surface area contributed by atoms with Crippen LogP contribution in [0.15, 0.2) is 54.6 Å². The molecule has 0 saturated heterocycles. The van der Waals surface area contributed by atoms with E-state index in [4.69, 9.17) is 9.47 Å². The third-order valence-corrected chi connectivity index (χ3v) is 3.36. The van der Waals surface area contributed by atoms with Crippen LogP contribution < -0.4 is 20.1 Å². The summed E-state index contributed by atoms with van der Waals surface area (Å²) in [5.74, 6) is 1.34. The maximum atomic E-state index is 11.9. The van der Waals surface area contributed by atoms with E-state index in [1.807, 2.05) is 61.5 Å². The number of ether oxygens (including phenoxy) is 2. The number of carbonyl (C=O) groups excluding carboxylic acids is 1. The van der Waals surface area contributed by atoms with Crippen LogP contribution in [0.3, 0.4) is 0 Å². The van der Waals surface area contributed by atoms with E-state index >= 15 is 0 Å². The van der Waals surface area contributed by atoms with Gasteiger partial charge in [-0.1, -0.05) is 42.5 Å². The molecule has 2 amide bonds. The summed E-state index contributed by atoms with van der Waals surface area (Å²) in [6.45, 7) is 2.72. The number of methoxy groups -OCH3 is 1. The largest absolute Gasteiger partial charge is 0.493 e. The van der Waals surface area contributed by atoms with E-state index in [0.717, 1.165) is 5.56 Å². The van der Waals surface area contributed by atoms with Crippen molar-refractivity contribution in [1.82, 2.24) is 10.6 Å². The van der Waals surface area contributed by atoms with Crippen molar-refractivity contribution in [1.29, 1.82) is 0 Å². The monoisotopic (exact) mass is 314 g/mol. The minimum atomic E-state index is -0.218. The summed E-state index contributed by atoms with van der Waals surface area (Å²) in [5, 5.41) is 5.66. The van der Waals surface area contributed by atoms with Gasteiger partial charge in [0.1, 0.15) is 6.61 Å². The van der Waals surface area contributed by atoms with E-state index in [0.29, 0.717) is 24.7 Å². The topological polar surface area (TPSA) is 59.6 Å². The molecule has 2 aromatic rings. The predicted octanol–water partition coefficient (Wildman–Crippen LogP) is 3.13. The van der Waals surface area contributed by atoms with E-state index in [2.05, 4.69) is 10.6 Å². The normalized spacial score (nSPS) is 11.4. The number of amides is 2. The minimum absolute atomic E-state index is 0.0497. The lowest BCUT2D eigenvalue weighted by molar-refractivity contribution is 0.233. The Hall–Kier alpha value is -2.69. The van der Waals surface area contributed by atoms with Gasteiger partial charge in [-0.15, -0.1) is 0 Å². The number of para-hydroxylation sites is 2. The van der Waals surface area contributed by atoms with Crippen LogP contribution in [0.25, 0.3) is 0 Å². The third kappa shape index (κ3) is 5.21. The fourth-order valence-electron chi connectivity index (χ4n) is 2.14. The molecule has 2 N–H and O–H groups in total. The molecule has 1 atom stereocenters. The molecule has 0 aromatic heterocycles. The van der Waals surface area contributed by atoms with Crippen LogP contribution in [-0.2, 0) is 0 Å². The highest BCUT2D eigenvalue weighted by Gasteiger charge is 2.08. The highest BCUT2D eigenvalue weighted by atomic mass is 16.5. The molecule has 2 aromatic carbocycles. The van der Waals surface area contributed by atoms with Gasteiger partial charge in [0.25, 0.3) is 0 Å². The van der Waals surface area contributed by atoms with Gasteiger partial charge in [-0.2, -0.15) is 0 Å². The summed E-state index contributed by atoms with van der Waals surface area (Å²) in [6.07, 6.45) is 0. The average molecular weight is 314 g/mol. The highest BCUT2D eigenvalue weighted by molar-refractivity contribution is 5.74. The van der Waals surface area contributed by atoms with Gasteiger partial charge < -0.3 is 20.1 Å². The third-order valence-electron chi connectivity index (χ3n) is 3.36. The van der Waals surface area contributed by atoms with E-state index < -0.39 is 0 Å². The van der Waals surface area contributed by atoms with Gasteiger partial charge in [0.15, 0.2) is 11.5 Å². The summed E-state index contributed by atoms with van der Waals surface area (Å²) in [7, 11) is 1.60. The van der Waals surface area contributed by atoms with Crippen molar-refractivity contribution in [3.63, 3.8) is 0 Å². The molecule has 0 aliphatic rings. The van der Waals surface area contributed by atoms with Crippen LogP contribution in [0, 0.1) is 0 Å². The number of benzene rings is 2. The Bertz CT molecular complexity index is 617. The maximum Gasteiger partial charge on any atom is 0.315 e. The summed E-state index contributed by atoms with van der Waals surface area (Å²) in [4.78, 5) is 11.9. The van der Waals surface area contributed by atoms with Crippen LogP contribution in [-0.4, -0.2) is 26.3 Å². The van der Waals surface area contributed by atoms with Crippen molar-refractivity contribution < 1.29 is 14.3 Å². The molecule has 0 spiro atoms. The second-order valence-corrected chi connectivity index (χ2v) is 5.03. The van der Waals surface area contributed by atoms with Gasteiger partial charge >= 0.3 is 6.03 Å². The van der Waals surface area contributed by atoms with E-state index in [9.17, 15) is 4.79 Å².